The van der Waals surface area contributed by atoms with E-state index in [4.69, 9.17) is 4.52 Å². The van der Waals surface area contributed by atoms with Gasteiger partial charge in [0.25, 0.3) is 0 Å². The van der Waals surface area contributed by atoms with Crippen LogP contribution in [-0.4, -0.2) is 10.1 Å². The van der Waals surface area contributed by atoms with E-state index in [-0.39, 0.29) is 0 Å². The molecule has 68 valence electrons. The van der Waals surface area contributed by atoms with Crippen LogP contribution in [0, 0.1) is 0 Å². The standard InChI is InChI=1S/C10H6N2OS/c1-2-7(8-4-5-13-12-8)10-9(3-1)14-6-11-10/h1-6H. The van der Waals surface area contributed by atoms with Gasteiger partial charge in [-0.3, -0.25) is 0 Å². The minimum absolute atomic E-state index is 0.835. The molecule has 3 rings (SSSR count). The summed E-state index contributed by atoms with van der Waals surface area (Å²) in [6.07, 6.45) is 1.57. The van der Waals surface area contributed by atoms with Crippen molar-refractivity contribution in [2.45, 2.75) is 0 Å². The van der Waals surface area contributed by atoms with Crippen molar-refractivity contribution >= 4 is 21.6 Å². The topological polar surface area (TPSA) is 38.9 Å². The third-order valence-electron chi connectivity index (χ3n) is 2.07. The first kappa shape index (κ1) is 7.70. The fraction of sp³-hybridized carbons (Fsp3) is 0. The second-order valence-electron chi connectivity index (χ2n) is 2.89. The van der Waals surface area contributed by atoms with Crippen molar-refractivity contribution in [3.8, 4) is 11.3 Å². The van der Waals surface area contributed by atoms with Gasteiger partial charge in [-0.1, -0.05) is 17.3 Å². The summed E-state index contributed by atoms with van der Waals surface area (Å²) < 4.78 is 5.99. The SMILES string of the molecule is c1cc(-c2ccon2)c2ncsc2c1. The Labute approximate surface area is 84.0 Å². The van der Waals surface area contributed by atoms with Gasteiger partial charge in [0.15, 0.2) is 0 Å². The van der Waals surface area contributed by atoms with Gasteiger partial charge in [-0.25, -0.2) is 4.98 Å². The smallest absolute Gasteiger partial charge is 0.124 e. The van der Waals surface area contributed by atoms with E-state index in [1.807, 2.05) is 23.7 Å². The molecule has 4 heteroatoms. The first-order valence-corrected chi connectivity index (χ1v) is 5.06. The molecule has 0 amide bonds. The molecule has 0 atom stereocenters. The van der Waals surface area contributed by atoms with E-state index in [2.05, 4.69) is 16.2 Å². The van der Waals surface area contributed by atoms with Gasteiger partial charge < -0.3 is 4.52 Å². The summed E-state index contributed by atoms with van der Waals surface area (Å²) in [5.41, 5.74) is 4.69. The number of benzene rings is 1. The van der Waals surface area contributed by atoms with Crippen molar-refractivity contribution in [2.24, 2.45) is 0 Å². The molecule has 0 aliphatic rings. The summed E-state index contributed by atoms with van der Waals surface area (Å²) in [5.74, 6) is 0. The Morgan fingerprint density at radius 2 is 2.21 bits per heavy atom. The summed E-state index contributed by atoms with van der Waals surface area (Å²) in [7, 11) is 0. The molecule has 3 aromatic rings. The molecule has 0 unspecified atom stereocenters. The zero-order valence-corrected chi connectivity index (χ0v) is 7.99. The van der Waals surface area contributed by atoms with E-state index in [0.29, 0.717) is 0 Å². The molecule has 0 aliphatic carbocycles. The van der Waals surface area contributed by atoms with E-state index < -0.39 is 0 Å². The van der Waals surface area contributed by atoms with Gasteiger partial charge in [0, 0.05) is 11.6 Å². The molecule has 0 N–H and O–H groups in total. The molecule has 0 bridgehead atoms. The first-order chi connectivity index (χ1) is 6.95. The lowest BCUT2D eigenvalue weighted by Gasteiger charge is -1.95. The quantitative estimate of drug-likeness (QED) is 0.609. The molecular weight excluding hydrogens is 196 g/mol. The molecule has 0 aliphatic heterocycles. The molecule has 0 saturated carbocycles. The Morgan fingerprint density at radius 3 is 3.07 bits per heavy atom. The maximum atomic E-state index is 4.82. The van der Waals surface area contributed by atoms with Crippen molar-refractivity contribution in [1.82, 2.24) is 10.1 Å². The molecule has 2 heterocycles. The third kappa shape index (κ3) is 1.04. The fourth-order valence-corrected chi connectivity index (χ4v) is 2.15. The lowest BCUT2D eigenvalue weighted by molar-refractivity contribution is 0.422. The van der Waals surface area contributed by atoms with E-state index >= 15 is 0 Å². The van der Waals surface area contributed by atoms with Crippen LogP contribution in [0.15, 0.2) is 40.6 Å². The normalized spacial score (nSPS) is 10.9. The minimum Gasteiger partial charge on any atom is -0.364 e. The highest BCUT2D eigenvalue weighted by Gasteiger charge is 2.07. The number of nitrogens with zero attached hydrogens (tertiary/aromatic N) is 2. The van der Waals surface area contributed by atoms with Gasteiger partial charge in [0.05, 0.1) is 15.7 Å². The maximum Gasteiger partial charge on any atom is 0.124 e. The van der Waals surface area contributed by atoms with Crippen LogP contribution in [0.5, 0.6) is 0 Å². The molecule has 1 aromatic carbocycles. The molecule has 0 fully saturated rings. The number of para-hydroxylation sites is 1. The number of thiazole rings is 1. The Hall–Kier alpha value is -1.68. The highest BCUT2D eigenvalue weighted by molar-refractivity contribution is 7.16. The number of rotatable bonds is 1. The zero-order valence-electron chi connectivity index (χ0n) is 7.18. The van der Waals surface area contributed by atoms with Crippen LogP contribution in [0.1, 0.15) is 0 Å². The van der Waals surface area contributed by atoms with Crippen LogP contribution in [-0.2, 0) is 0 Å². The first-order valence-electron chi connectivity index (χ1n) is 4.18. The summed E-state index contributed by atoms with van der Waals surface area (Å²) in [5, 5.41) is 3.91. The molecule has 0 saturated heterocycles. The van der Waals surface area contributed by atoms with E-state index in [1.54, 1.807) is 17.6 Å². The second-order valence-corrected chi connectivity index (χ2v) is 3.78. The summed E-state index contributed by atoms with van der Waals surface area (Å²) in [6.45, 7) is 0. The van der Waals surface area contributed by atoms with Gasteiger partial charge in [-0.15, -0.1) is 11.3 Å². The molecule has 0 radical (unpaired) electrons. The van der Waals surface area contributed by atoms with E-state index in [1.165, 1.54) is 4.70 Å². The molecule has 3 nitrogen and oxygen atoms in total. The number of fused-ring (bicyclic) bond motifs is 1. The Bertz CT molecular complexity index is 556. The molecule has 14 heavy (non-hydrogen) atoms. The second kappa shape index (κ2) is 2.92. The third-order valence-corrected chi connectivity index (χ3v) is 2.87. The highest BCUT2D eigenvalue weighted by atomic mass is 32.1. The minimum atomic E-state index is 0.835. The summed E-state index contributed by atoms with van der Waals surface area (Å²) in [6, 6.07) is 7.90. The van der Waals surface area contributed by atoms with Crippen molar-refractivity contribution in [2.75, 3.05) is 0 Å². The fourth-order valence-electron chi connectivity index (χ4n) is 1.44. The average Bonchev–Trinajstić information content (AvgIpc) is 2.88. The van der Waals surface area contributed by atoms with Crippen molar-refractivity contribution in [3.63, 3.8) is 0 Å². The lowest BCUT2D eigenvalue weighted by atomic mass is 10.1. The van der Waals surface area contributed by atoms with Gasteiger partial charge in [-0.2, -0.15) is 0 Å². The average molecular weight is 202 g/mol. The largest absolute Gasteiger partial charge is 0.364 e. The number of hydrogen-bond acceptors (Lipinski definition) is 4. The Morgan fingerprint density at radius 1 is 1.21 bits per heavy atom. The number of hydrogen-bond donors (Lipinski definition) is 0. The van der Waals surface area contributed by atoms with E-state index in [0.717, 1.165) is 16.8 Å². The maximum absolute atomic E-state index is 4.82. The predicted octanol–water partition coefficient (Wildman–Crippen LogP) is 2.95. The highest BCUT2D eigenvalue weighted by Crippen LogP contribution is 2.28. The Kier molecular flexibility index (Phi) is 1.61. The van der Waals surface area contributed by atoms with Gasteiger partial charge in [0.1, 0.15) is 12.0 Å². The van der Waals surface area contributed by atoms with Crippen LogP contribution in [0.25, 0.3) is 21.5 Å². The van der Waals surface area contributed by atoms with Crippen LogP contribution in [0.4, 0.5) is 0 Å². The van der Waals surface area contributed by atoms with Crippen molar-refractivity contribution in [3.05, 3.63) is 36.0 Å². The van der Waals surface area contributed by atoms with Gasteiger partial charge in [0.2, 0.25) is 0 Å². The summed E-state index contributed by atoms with van der Waals surface area (Å²) >= 11 is 1.63. The van der Waals surface area contributed by atoms with Crippen molar-refractivity contribution in [1.29, 1.82) is 0 Å². The van der Waals surface area contributed by atoms with Crippen LogP contribution >= 0.6 is 11.3 Å². The van der Waals surface area contributed by atoms with Gasteiger partial charge >= 0.3 is 0 Å². The number of aromatic nitrogens is 2. The van der Waals surface area contributed by atoms with E-state index in [9.17, 15) is 0 Å². The van der Waals surface area contributed by atoms with Crippen molar-refractivity contribution < 1.29 is 4.52 Å². The Balaban J connectivity index is 2.36. The van der Waals surface area contributed by atoms with Gasteiger partial charge in [-0.05, 0) is 6.07 Å². The zero-order chi connectivity index (χ0) is 9.38. The summed E-state index contributed by atoms with van der Waals surface area (Å²) in [4.78, 5) is 4.31. The van der Waals surface area contributed by atoms with Crippen LogP contribution in [0.2, 0.25) is 0 Å². The molecular formula is C10H6N2OS. The molecule has 0 spiro atoms. The lowest BCUT2D eigenvalue weighted by Crippen LogP contribution is -1.78. The monoisotopic (exact) mass is 202 g/mol. The predicted molar refractivity (Wildman–Crippen MR) is 55.1 cm³/mol. The van der Waals surface area contributed by atoms with Crippen LogP contribution in [0.3, 0.4) is 0 Å². The van der Waals surface area contributed by atoms with Crippen LogP contribution < -0.4 is 0 Å². The molecule has 2 aromatic heterocycles.